The van der Waals surface area contributed by atoms with E-state index in [4.69, 9.17) is 4.74 Å². The van der Waals surface area contributed by atoms with Crippen LogP contribution in [-0.2, 0) is 23.2 Å². The molecule has 4 nitrogen and oxygen atoms in total. The van der Waals surface area contributed by atoms with Gasteiger partial charge in [-0.05, 0) is 46.6 Å². The molecule has 6 heteroatoms. The number of rotatable bonds is 19. The molecule has 0 fully saturated rings. The lowest BCUT2D eigenvalue weighted by atomic mass is 9.86. The number of hydrogen-bond donors (Lipinski definition) is 1. The minimum Gasteiger partial charge on any atom is -0.493 e. The number of ether oxygens (including phenoxy) is 1. The topological polar surface area (TPSA) is 41.6 Å². The van der Waals surface area contributed by atoms with Crippen molar-refractivity contribution in [3.8, 4) is 5.75 Å². The summed E-state index contributed by atoms with van der Waals surface area (Å²) in [6.07, 6.45) is 18.4. The Labute approximate surface area is 271 Å². The first-order valence-electron chi connectivity index (χ1n) is 16.0. The van der Waals surface area contributed by atoms with Crippen molar-refractivity contribution in [3.63, 3.8) is 0 Å². The van der Waals surface area contributed by atoms with Gasteiger partial charge in [0.05, 0.1) is 18.9 Å². The minimum atomic E-state index is -0.0182. The zero-order valence-electron chi connectivity index (χ0n) is 26.6. The molecule has 0 unspecified atom stereocenters. The van der Waals surface area contributed by atoms with Crippen molar-refractivity contribution >= 4 is 40.3 Å². The molecule has 3 rings (SSSR count). The van der Waals surface area contributed by atoms with Crippen LogP contribution < -0.4 is 10.1 Å². The summed E-state index contributed by atoms with van der Waals surface area (Å²) in [5, 5.41) is 5.20. The molecule has 1 aliphatic heterocycles. The number of carbonyl (C=O) groups excluding carboxylic acids is 1. The van der Waals surface area contributed by atoms with Gasteiger partial charge >= 0.3 is 0 Å². The lowest BCUT2D eigenvalue weighted by Gasteiger charge is -2.21. The summed E-state index contributed by atoms with van der Waals surface area (Å²) in [5.74, 6) is 1.83. The molecular formula is C36H55BrN2O2S. The SMILES string of the molecule is Br.CCCCCCCCCCCCCCOc1cc(C(C)(C)C)ccc1CC(=O)Nc1ccc(CN2C=CSC2)cc1. The van der Waals surface area contributed by atoms with E-state index in [2.05, 4.69) is 79.9 Å². The summed E-state index contributed by atoms with van der Waals surface area (Å²) in [6.45, 7) is 10.5. The molecule has 2 aromatic rings. The molecule has 0 atom stereocenters. The summed E-state index contributed by atoms with van der Waals surface area (Å²) in [7, 11) is 0. The Morgan fingerprint density at radius 3 is 2.07 bits per heavy atom. The molecule has 1 aliphatic rings. The Hall–Kier alpha value is -1.92. The van der Waals surface area contributed by atoms with E-state index in [9.17, 15) is 4.79 Å². The Bertz CT molecular complexity index is 1070. The number of hydrogen-bond acceptors (Lipinski definition) is 4. The van der Waals surface area contributed by atoms with Crippen LogP contribution in [-0.4, -0.2) is 23.3 Å². The standard InChI is InChI=1S/C36H54N2O2S.BrH/c1-5-6-7-8-9-10-11-12-13-14-15-16-24-40-34-27-32(36(2,3)4)20-19-31(34)26-35(39)37-33-21-17-30(18-22-33)28-38-23-25-41-29-38;/h17-23,25,27H,5-16,24,26,28-29H2,1-4H3,(H,37,39);1H. The maximum Gasteiger partial charge on any atom is 0.228 e. The molecular weight excluding hydrogens is 604 g/mol. The van der Waals surface area contributed by atoms with Crippen molar-refractivity contribution in [2.45, 2.75) is 123 Å². The summed E-state index contributed by atoms with van der Waals surface area (Å²) < 4.78 is 6.30. The van der Waals surface area contributed by atoms with Gasteiger partial charge in [-0.2, -0.15) is 0 Å². The lowest BCUT2D eigenvalue weighted by Crippen LogP contribution is -2.17. The van der Waals surface area contributed by atoms with Crippen LogP contribution in [0.25, 0.3) is 0 Å². The molecule has 0 aliphatic carbocycles. The third-order valence-electron chi connectivity index (χ3n) is 7.77. The predicted octanol–water partition coefficient (Wildman–Crippen LogP) is 10.8. The van der Waals surface area contributed by atoms with E-state index in [-0.39, 0.29) is 28.3 Å². The Kier molecular flexibility index (Phi) is 17.4. The zero-order valence-corrected chi connectivity index (χ0v) is 29.1. The molecule has 0 bridgehead atoms. The second-order valence-electron chi connectivity index (χ2n) is 12.6. The van der Waals surface area contributed by atoms with Crippen molar-refractivity contribution in [1.29, 1.82) is 0 Å². The normalized spacial score (nSPS) is 12.8. The molecule has 0 aromatic heterocycles. The Morgan fingerprint density at radius 1 is 0.881 bits per heavy atom. The minimum absolute atomic E-state index is 0. The predicted molar refractivity (Wildman–Crippen MR) is 188 cm³/mol. The van der Waals surface area contributed by atoms with Crippen molar-refractivity contribution in [2.24, 2.45) is 0 Å². The number of halogens is 1. The first kappa shape index (κ1) is 36.3. The molecule has 234 valence electrons. The molecule has 1 heterocycles. The monoisotopic (exact) mass is 658 g/mol. The molecule has 2 aromatic carbocycles. The maximum absolute atomic E-state index is 13.0. The number of nitrogens with one attached hydrogen (secondary N) is 1. The van der Waals surface area contributed by atoms with Gasteiger partial charge in [0.25, 0.3) is 0 Å². The zero-order chi connectivity index (χ0) is 29.3. The van der Waals surface area contributed by atoms with Gasteiger partial charge < -0.3 is 15.0 Å². The third-order valence-corrected chi connectivity index (χ3v) is 8.57. The fourth-order valence-corrected chi connectivity index (χ4v) is 5.86. The summed E-state index contributed by atoms with van der Waals surface area (Å²) >= 11 is 1.81. The van der Waals surface area contributed by atoms with E-state index in [1.165, 1.54) is 81.8 Å². The van der Waals surface area contributed by atoms with Crippen LogP contribution in [0.5, 0.6) is 5.75 Å². The van der Waals surface area contributed by atoms with Crippen molar-refractivity contribution < 1.29 is 9.53 Å². The highest BCUT2D eigenvalue weighted by molar-refractivity contribution is 8.93. The molecule has 1 amide bonds. The highest BCUT2D eigenvalue weighted by Gasteiger charge is 2.18. The number of anilines is 1. The average molecular weight is 660 g/mol. The Balaban J connectivity index is 0.00000616. The number of thioether (sulfide) groups is 1. The quantitative estimate of drug-likeness (QED) is 0.152. The number of benzene rings is 2. The molecule has 42 heavy (non-hydrogen) atoms. The molecule has 0 radical (unpaired) electrons. The van der Waals surface area contributed by atoms with Crippen LogP contribution in [0.3, 0.4) is 0 Å². The maximum atomic E-state index is 13.0. The number of unbranched alkanes of at least 4 members (excludes halogenated alkanes) is 11. The summed E-state index contributed by atoms with van der Waals surface area (Å²) in [5.41, 5.74) is 4.27. The largest absolute Gasteiger partial charge is 0.493 e. The van der Waals surface area contributed by atoms with Gasteiger partial charge in [-0.3, -0.25) is 4.79 Å². The number of nitrogens with zero attached hydrogens (tertiary/aromatic N) is 1. The lowest BCUT2D eigenvalue weighted by molar-refractivity contribution is -0.115. The molecule has 0 saturated carbocycles. The number of carbonyl (C=O) groups is 1. The van der Waals surface area contributed by atoms with Crippen LogP contribution in [0, 0.1) is 0 Å². The summed E-state index contributed by atoms with van der Waals surface area (Å²) in [6, 6.07) is 14.5. The van der Waals surface area contributed by atoms with Crippen LogP contribution in [0.1, 0.15) is 121 Å². The third kappa shape index (κ3) is 14.0. The second kappa shape index (κ2) is 20.1. The highest BCUT2D eigenvalue weighted by Crippen LogP contribution is 2.30. The van der Waals surface area contributed by atoms with Crippen molar-refractivity contribution in [1.82, 2.24) is 4.90 Å². The fraction of sp³-hybridized carbons (Fsp3) is 0.583. The van der Waals surface area contributed by atoms with Crippen molar-refractivity contribution in [2.75, 3.05) is 17.8 Å². The van der Waals surface area contributed by atoms with Crippen LogP contribution in [0.4, 0.5) is 5.69 Å². The number of amides is 1. The molecule has 0 spiro atoms. The Morgan fingerprint density at radius 2 is 1.50 bits per heavy atom. The van der Waals surface area contributed by atoms with Gasteiger partial charge in [-0.15, -0.1) is 28.7 Å². The van der Waals surface area contributed by atoms with E-state index < -0.39 is 0 Å². The van der Waals surface area contributed by atoms with E-state index in [0.717, 1.165) is 35.8 Å². The smallest absolute Gasteiger partial charge is 0.228 e. The van der Waals surface area contributed by atoms with Crippen LogP contribution in [0.2, 0.25) is 0 Å². The first-order chi connectivity index (χ1) is 19.8. The fourth-order valence-electron chi connectivity index (χ4n) is 5.14. The molecule has 1 N–H and O–H groups in total. The molecule has 0 saturated heterocycles. The van der Waals surface area contributed by atoms with Gasteiger partial charge in [0.1, 0.15) is 5.75 Å². The van der Waals surface area contributed by atoms with Gasteiger partial charge in [-0.1, -0.05) is 123 Å². The first-order valence-corrected chi connectivity index (χ1v) is 17.1. The highest BCUT2D eigenvalue weighted by atomic mass is 79.9. The van der Waals surface area contributed by atoms with Gasteiger partial charge in [0.2, 0.25) is 5.91 Å². The van der Waals surface area contributed by atoms with Gasteiger partial charge in [-0.25, -0.2) is 0 Å². The van der Waals surface area contributed by atoms with Crippen LogP contribution >= 0.6 is 28.7 Å². The van der Waals surface area contributed by atoms with E-state index >= 15 is 0 Å². The van der Waals surface area contributed by atoms with Crippen LogP contribution in [0.15, 0.2) is 54.1 Å². The summed E-state index contributed by atoms with van der Waals surface area (Å²) in [4.78, 5) is 15.3. The second-order valence-corrected chi connectivity index (χ2v) is 13.4. The van der Waals surface area contributed by atoms with Gasteiger partial charge in [0, 0.05) is 24.0 Å². The average Bonchev–Trinajstić information content (AvgIpc) is 3.45. The van der Waals surface area contributed by atoms with Crippen molar-refractivity contribution in [3.05, 3.63) is 70.8 Å². The van der Waals surface area contributed by atoms with E-state index in [1.807, 2.05) is 23.9 Å². The van der Waals surface area contributed by atoms with E-state index in [1.54, 1.807) is 0 Å². The van der Waals surface area contributed by atoms with Gasteiger partial charge in [0.15, 0.2) is 0 Å². The van der Waals surface area contributed by atoms with E-state index in [0.29, 0.717) is 13.0 Å².